The van der Waals surface area contributed by atoms with Gasteiger partial charge in [-0.3, -0.25) is 0 Å². The average Bonchev–Trinajstić information content (AvgIpc) is 3.35. The van der Waals surface area contributed by atoms with Gasteiger partial charge in [0.25, 0.3) is 0 Å². The first kappa shape index (κ1) is 34.6. The van der Waals surface area contributed by atoms with Gasteiger partial charge in [0.1, 0.15) is 0 Å². The molecule has 0 bridgehead atoms. The van der Waals surface area contributed by atoms with Crippen molar-refractivity contribution in [1.82, 2.24) is 15.0 Å². The number of fused-ring (bicyclic) bond motifs is 14. The van der Waals surface area contributed by atoms with Crippen molar-refractivity contribution in [2.24, 2.45) is 0 Å². The summed E-state index contributed by atoms with van der Waals surface area (Å²) in [5.41, 5.74) is 11.4. The number of hydrogen-bond donors (Lipinski definition) is 0. The average molecular weight is 786 g/mol. The molecule has 286 valence electrons. The molecule has 0 aliphatic carbocycles. The molecule has 10 aromatic carbocycles. The normalized spacial score (nSPS) is 11.9. The van der Waals surface area contributed by atoms with Crippen LogP contribution in [0.25, 0.3) is 131 Å². The first-order valence-corrected chi connectivity index (χ1v) is 21.2. The molecular weight excluding hydrogens is 751 g/mol. The minimum atomic E-state index is 0.918. The maximum atomic E-state index is 5.48. The lowest BCUT2D eigenvalue weighted by Gasteiger charge is -2.15. The zero-order valence-corrected chi connectivity index (χ0v) is 33.5. The lowest BCUT2D eigenvalue weighted by atomic mass is 9.92. The Bertz CT molecular complexity index is 3970. The van der Waals surface area contributed by atoms with Gasteiger partial charge in [-0.25, -0.2) is 15.0 Å². The highest BCUT2D eigenvalue weighted by molar-refractivity contribution is 6.31. The molecular formula is C59H35N3. The predicted molar refractivity (Wildman–Crippen MR) is 262 cm³/mol. The standard InChI is InChI=1S/C59H35N3/c1-2-10-37(11-3-1)53-32-28-39-22-23-40-29-33-54(61-58(40)57(39)60-53)44-27-31-46-43(35-44)25-24-42-34-41(26-30-45(42)46)36-18-20-38(21-19-36)56-52-17-9-7-15-50(52)55-49-14-6-4-12-47(49)48-13-5-8-16-51(48)59(55)62-56/h1-35H. The fourth-order valence-electron chi connectivity index (χ4n) is 9.74. The van der Waals surface area contributed by atoms with Crippen molar-refractivity contribution in [3.05, 3.63) is 212 Å². The van der Waals surface area contributed by atoms with Gasteiger partial charge < -0.3 is 0 Å². The van der Waals surface area contributed by atoms with E-state index in [1.807, 2.05) is 6.07 Å². The summed E-state index contributed by atoms with van der Waals surface area (Å²) >= 11 is 0. The highest BCUT2D eigenvalue weighted by atomic mass is 14.8. The first-order chi connectivity index (χ1) is 30.7. The molecule has 13 aromatic rings. The molecule has 3 nitrogen and oxygen atoms in total. The number of aromatic nitrogens is 3. The van der Waals surface area contributed by atoms with E-state index in [1.54, 1.807) is 0 Å². The Kier molecular flexibility index (Phi) is 7.60. The van der Waals surface area contributed by atoms with E-state index in [0.29, 0.717) is 0 Å². The quantitative estimate of drug-likeness (QED) is 0.167. The number of benzene rings is 10. The van der Waals surface area contributed by atoms with E-state index in [4.69, 9.17) is 15.0 Å². The van der Waals surface area contributed by atoms with E-state index in [0.717, 1.165) is 66.5 Å². The van der Waals surface area contributed by atoms with E-state index in [2.05, 4.69) is 206 Å². The Morgan fingerprint density at radius 1 is 0.226 bits per heavy atom. The second-order valence-corrected chi connectivity index (χ2v) is 16.3. The lowest BCUT2D eigenvalue weighted by Crippen LogP contribution is -1.92. The van der Waals surface area contributed by atoms with Crippen LogP contribution in [0.1, 0.15) is 0 Å². The Labute approximate surface area is 357 Å². The van der Waals surface area contributed by atoms with Crippen molar-refractivity contribution in [1.29, 1.82) is 0 Å². The highest BCUT2D eigenvalue weighted by Crippen LogP contribution is 2.41. The maximum Gasteiger partial charge on any atom is 0.0972 e. The van der Waals surface area contributed by atoms with Gasteiger partial charge in [0, 0.05) is 43.6 Å². The van der Waals surface area contributed by atoms with Gasteiger partial charge in [-0.15, -0.1) is 0 Å². The van der Waals surface area contributed by atoms with Crippen molar-refractivity contribution in [3.8, 4) is 44.9 Å². The van der Waals surface area contributed by atoms with E-state index < -0.39 is 0 Å². The molecule has 0 aliphatic heterocycles. The van der Waals surface area contributed by atoms with Gasteiger partial charge in [-0.2, -0.15) is 0 Å². The van der Waals surface area contributed by atoms with Crippen molar-refractivity contribution in [2.75, 3.05) is 0 Å². The summed E-state index contributed by atoms with van der Waals surface area (Å²) < 4.78 is 0. The zero-order chi connectivity index (χ0) is 40.7. The van der Waals surface area contributed by atoms with Crippen LogP contribution in [0.5, 0.6) is 0 Å². The molecule has 0 saturated heterocycles. The summed E-state index contributed by atoms with van der Waals surface area (Å²) in [6.07, 6.45) is 0. The summed E-state index contributed by atoms with van der Waals surface area (Å²) in [6, 6.07) is 76.2. The van der Waals surface area contributed by atoms with E-state index >= 15 is 0 Å². The van der Waals surface area contributed by atoms with Gasteiger partial charge in [-0.1, -0.05) is 188 Å². The van der Waals surface area contributed by atoms with Crippen LogP contribution in [0.3, 0.4) is 0 Å². The molecule has 3 heteroatoms. The molecule has 0 unspecified atom stereocenters. The largest absolute Gasteiger partial charge is 0.246 e. The second-order valence-electron chi connectivity index (χ2n) is 16.3. The van der Waals surface area contributed by atoms with E-state index in [9.17, 15) is 0 Å². The monoisotopic (exact) mass is 785 g/mol. The van der Waals surface area contributed by atoms with Crippen LogP contribution in [0, 0.1) is 0 Å². The molecule has 0 radical (unpaired) electrons. The Balaban J connectivity index is 0.856. The molecule has 0 aliphatic rings. The van der Waals surface area contributed by atoms with Gasteiger partial charge in [0.05, 0.1) is 33.6 Å². The second kappa shape index (κ2) is 13.6. The Hall–Kier alpha value is -8.27. The predicted octanol–water partition coefficient (Wildman–Crippen LogP) is 15.8. The van der Waals surface area contributed by atoms with Gasteiger partial charge in [0.15, 0.2) is 0 Å². The number of rotatable bonds is 4. The molecule has 0 atom stereocenters. The Morgan fingerprint density at radius 2 is 0.677 bits per heavy atom. The molecule has 0 saturated carbocycles. The van der Waals surface area contributed by atoms with Crippen molar-refractivity contribution >= 4 is 86.6 Å². The maximum absolute atomic E-state index is 5.48. The minimum absolute atomic E-state index is 0.918. The third kappa shape index (κ3) is 5.42. The fourth-order valence-corrected chi connectivity index (χ4v) is 9.74. The lowest BCUT2D eigenvalue weighted by molar-refractivity contribution is 1.37. The molecule has 3 heterocycles. The summed E-state index contributed by atoms with van der Waals surface area (Å²) in [6.45, 7) is 0. The van der Waals surface area contributed by atoms with Crippen LogP contribution >= 0.6 is 0 Å². The highest BCUT2D eigenvalue weighted by Gasteiger charge is 2.17. The van der Waals surface area contributed by atoms with Gasteiger partial charge >= 0.3 is 0 Å². The number of nitrogens with zero attached hydrogens (tertiary/aromatic N) is 3. The summed E-state index contributed by atoms with van der Waals surface area (Å²) in [5.74, 6) is 0. The molecule has 3 aromatic heterocycles. The summed E-state index contributed by atoms with van der Waals surface area (Å²) in [4.78, 5) is 15.8. The van der Waals surface area contributed by atoms with Crippen LogP contribution in [-0.2, 0) is 0 Å². The van der Waals surface area contributed by atoms with Crippen LogP contribution in [0.2, 0.25) is 0 Å². The van der Waals surface area contributed by atoms with Gasteiger partial charge in [-0.05, 0) is 78.5 Å². The van der Waals surface area contributed by atoms with Crippen LogP contribution in [0.15, 0.2) is 212 Å². The van der Waals surface area contributed by atoms with Crippen molar-refractivity contribution < 1.29 is 0 Å². The molecule has 13 rings (SSSR count). The first-order valence-electron chi connectivity index (χ1n) is 21.2. The number of hydrogen-bond acceptors (Lipinski definition) is 3. The zero-order valence-electron chi connectivity index (χ0n) is 33.5. The molecule has 0 amide bonds. The topological polar surface area (TPSA) is 38.7 Å². The molecule has 0 fully saturated rings. The van der Waals surface area contributed by atoms with Crippen molar-refractivity contribution in [3.63, 3.8) is 0 Å². The number of pyridine rings is 3. The fraction of sp³-hybridized carbons (Fsp3) is 0. The third-order valence-corrected chi connectivity index (χ3v) is 12.8. The molecule has 0 spiro atoms. The Morgan fingerprint density at radius 3 is 1.34 bits per heavy atom. The van der Waals surface area contributed by atoms with E-state index in [1.165, 1.54) is 65.0 Å². The van der Waals surface area contributed by atoms with Gasteiger partial charge in [0.2, 0.25) is 0 Å². The molecule has 0 N–H and O–H groups in total. The van der Waals surface area contributed by atoms with Crippen LogP contribution in [0.4, 0.5) is 0 Å². The van der Waals surface area contributed by atoms with Crippen LogP contribution in [-0.4, -0.2) is 15.0 Å². The smallest absolute Gasteiger partial charge is 0.0972 e. The van der Waals surface area contributed by atoms with E-state index in [-0.39, 0.29) is 0 Å². The SMILES string of the molecule is c1ccc(-c2ccc3ccc4ccc(-c5ccc6c(ccc7cc(-c8ccc(-c9nc%10c%11ccccc%11c%11ccccc%11c%10c%10ccccc9%10)cc8)ccc76)c5)nc4c3n2)cc1. The molecule has 62 heavy (non-hydrogen) atoms. The van der Waals surface area contributed by atoms with Crippen LogP contribution < -0.4 is 0 Å². The summed E-state index contributed by atoms with van der Waals surface area (Å²) in [5, 5.41) is 15.5. The minimum Gasteiger partial charge on any atom is -0.246 e. The summed E-state index contributed by atoms with van der Waals surface area (Å²) in [7, 11) is 0. The third-order valence-electron chi connectivity index (χ3n) is 12.8. The van der Waals surface area contributed by atoms with Crippen molar-refractivity contribution in [2.45, 2.75) is 0 Å².